The third-order valence-electron chi connectivity index (χ3n) is 5.63. The summed E-state index contributed by atoms with van der Waals surface area (Å²) in [6.45, 7) is 3.91. The number of carbonyl (C=O) groups excluding carboxylic acids is 2. The molecule has 0 aromatic heterocycles. The smallest absolute Gasteiger partial charge is 0.343 e. The maximum atomic E-state index is 12.8. The van der Waals surface area contributed by atoms with E-state index in [1.165, 1.54) is 37.4 Å². The summed E-state index contributed by atoms with van der Waals surface area (Å²) in [7, 11) is 0. The summed E-state index contributed by atoms with van der Waals surface area (Å²) in [6.07, 6.45) is 0.465. The van der Waals surface area contributed by atoms with Gasteiger partial charge in [-0.05, 0) is 67.1 Å². The van der Waals surface area contributed by atoms with Crippen LogP contribution in [-0.4, -0.2) is 35.7 Å². The van der Waals surface area contributed by atoms with Crippen molar-refractivity contribution in [2.24, 2.45) is 5.10 Å². The highest BCUT2D eigenvalue weighted by molar-refractivity contribution is 6.04. The number of nitrogens with zero attached hydrogens (tertiary/aromatic N) is 2. The molecule has 1 N–H and O–H groups in total. The van der Waals surface area contributed by atoms with E-state index < -0.39 is 22.9 Å². The minimum Gasteiger partial charge on any atom is -0.494 e. The van der Waals surface area contributed by atoms with Gasteiger partial charge in [-0.2, -0.15) is 5.10 Å². The van der Waals surface area contributed by atoms with Crippen LogP contribution in [0.1, 0.15) is 29.8 Å². The van der Waals surface area contributed by atoms with Gasteiger partial charge in [-0.15, -0.1) is 0 Å². The maximum Gasteiger partial charge on any atom is 0.343 e. The lowest BCUT2D eigenvalue weighted by atomic mass is 10.0. The Bertz CT molecular complexity index is 1520. The van der Waals surface area contributed by atoms with Crippen molar-refractivity contribution in [3.63, 3.8) is 0 Å². The third kappa shape index (κ3) is 6.75. The first kappa shape index (κ1) is 26.8. The molecule has 10 heteroatoms. The van der Waals surface area contributed by atoms with E-state index in [1.807, 2.05) is 37.3 Å². The van der Waals surface area contributed by atoms with Crippen LogP contribution in [0.15, 0.2) is 90.0 Å². The van der Waals surface area contributed by atoms with Gasteiger partial charge in [0.2, 0.25) is 0 Å². The second-order valence-corrected chi connectivity index (χ2v) is 8.29. The van der Waals surface area contributed by atoms with Gasteiger partial charge in [-0.25, -0.2) is 10.2 Å². The van der Waals surface area contributed by atoms with Crippen LogP contribution >= 0.6 is 0 Å². The van der Waals surface area contributed by atoms with Crippen LogP contribution in [0, 0.1) is 10.1 Å². The maximum absolute atomic E-state index is 12.8. The highest BCUT2D eigenvalue weighted by Gasteiger charge is 2.16. The summed E-state index contributed by atoms with van der Waals surface area (Å²) < 4.78 is 16.7. The average Bonchev–Trinajstić information content (AvgIpc) is 2.94. The molecular formula is C29H25N3O7. The number of nitro benzene ring substituents is 1. The molecule has 1 atom stereocenters. The molecule has 39 heavy (non-hydrogen) atoms. The van der Waals surface area contributed by atoms with Crippen molar-refractivity contribution in [1.29, 1.82) is 0 Å². The highest BCUT2D eigenvalue weighted by atomic mass is 16.6. The zero-order valence-electron chi connectivity index (χ0n) is 21.2. The van der Waals surface area contributed by atoms with Crippen molar-refractivity contribution < 1.29 is 28.7 Å². The Balaban J connectivity index is 1.49. The zero-order chi connectivity index (χ0) is 27.8. The first-order chi connectivity index (χ1) is 18.9. The Morgan fingerprint density at radius 1 is 0.974 bits per heavy atom. The zero-order valence-corrected chi connectivity index (χ0v) is 21.2. The molecule has 0 heterocycles. The van der Waals surface area contributed by atoms with Crippen molar-refractivity contribution in [2.75, 3.05) is 6.61 Å². The molecule has 1 unspecified atom stereocenters. The number of hydrogen-bond acceptors (Lipinski definition) is 8. The van der Waals surface area contributed by atoms with E-state index in [0.717, 1.165) is 10.8 Å². The average molecular weight is 528 g/mol. The largest absolute Gasteiger partial charge is 0.494 e. The molecule has 0 bridgehead atoms. The van der Waals surface area contributed by atoms with Crippen molar-refractivity contribution in [1.82, 2.24) is 5.43 Å². The number of non-ortho nitro benzene ring substituents is 1. The molecule has 4 aromatic carbocycles. The molecule has 4 aromatic rings. The molecule has 10 nitrogen and oxygen atoms in total. The fraction of sp³-hybridized carbons (Fsp3) is 0.138. The molecule has 1 amide bonds. The van der Waals surface area contributed by atoms with Gasteiger partial charge in [-0.3, -0.25) is 14.9 Å². The van der Waals surface area contributed by atoms with E-state index >= 15 is 0 Å². The molecule has 0 radical (unpaired) electrons. The minimum atomic E-state index is -0.937. The van der Waals surface area contributed by atoms with Gasteiger partial charge in [-0.1, -0.05) is 30.3 Å². The van der Waals surface area contributed by atoms with Crippen molar-refractivity contribution in [3.8, 4) is 17.2 Å². The molecule has 0 saturated carbocycles. The van der Waals surface area contributed by atoms with Gasteiger partial charge in [0, 0.05) is 17.7 Å². The normalized spacial score (nSPS) is 11.6. The number of ether oxygens (including phenoxy) is 3. The number of amides is 1. The summed E-state index contributed by atoms with van der Waals surface area (Å²) in [6, 6.07) is 23.0. The van der Waals surface area contributed by atoms with Crippen LogP contribution < -0.4 is 19.6 Å². The second-order valence-electron chi connectivity index (χ2n) is 8.29. The van der Waals surface area contributed by atoms with E-state index in [2.05, 4.69) is 10.5 Å². The first-order valence-corrected chi connectivity index (χ1v) is 12.1. The number of nitrogens with one attached hydrogen (secondary N) is 1. The van der Waals surface area contributed by atoms with E-state index in [9.17, 15) is 19.7 Å². The molecule has 0 aliphatic heterocycles. The van der Waals surface area contributed by atoms with Gasteiger partial charge in [0.1, 0.15) is 17.2 Å². The van der Waals surface area contributed by atoms with Crippen LogP contribution in [0.25, 0.3) is 10.8 Å². The Morgan fingerprint density at radius 3 is 2.36 bits per heavy atom. The molecule has 0 spiro atoms. The summed E-state index contributed by atoms with van der Waals surface area (Å²) >= 11 is 0. The molecule has 0 saturated heterocycles. The van der Waals surface area contributed by atoms with E-state index in [-0.39, 0.29) is 11.4 Å². The lowest BCUT2D eigenvalue weighted by Crippen LogP contribution is -2.33. The number of carbonyl (C=O) groups is 2. The van der Waals surface area contributed by atoms with Crippen LogP contribution in [0.5, 0.6) is 17.2 Å². The first-order valence-electron chi connectivity index (χ1n) is 12.1. The number of hydrogen-bond donors (Lipinski definition) is 1. The Hall–Kier alpha value is -5.25. The minimum absolute atomic E-state index is 0.0850. The number of fused-ring (bicyclic) bond motifs is 1. The van der Waals surface area contributed by atoms with E-state index in [4.69, 9.17) is 14.2 Å². The van der Waals surface area contributed by atoms with Crippen LogP contribution in [0.3, 0.4) is 0 Å². The molecule has 0 aliphatic carbocycles. The Kier molecular flexibility index (Phi) is 8.47. The van der Waals surface area contributed by atoms with E-state index in [0.29, 0.717) is 29.2 Å². The quantitative estimate of drug-likeness (QED) is 0.0976. The molecule has 0 aliphatic rings. The molecular weight excluding hydrogens is 502 g/mol. The Labute approximate surface area is 224 Å². The lowest BCUT2D eigenvalue weighted by Gasteiger charge is -2.13. The number of rotatable bonds is 10. The predicted molar refractivity (Wildman–Crippen MR) is 145 cm³/mol. The standard InChI is InChI=1S/C29H25N3O7/c1-3-37-23-13-8-21(9-14-23)29(34)39-27-17-10-20-6-4-5-7-25(20)26(27)18-30-31-28(33)19(2)38-24-15-11-22(12-16-24)32(35)36/h4-19H,3H2,1-2H3,(H,31,33)/b30-18+. The van der Waals surface area contributed by atoms with Crippen molar-refractivity contribution >= 4 is 34.6 Å². The van der Waals surface area contributed by atoms with Gasteiger partial charge in [0.15, 0.2) is 6.10 Å². The lowest BCUT2D eigenvalue weighted by molar-refractivity contribution is -0.384. The number of benzene rings is 4. The molecule has 4 rings (SSSR count). The van der Waals surface area contributed by atoms with Gasteiger partial charge in [0.25, 0.3) is 11.6 Å². The van der Waals surface area contributed by atoms with Gasteiger partial charge < -0.3 is 14.2 Å². The summed E-state index contributed by atoms with van der Waals surface area (Å²) in [5.41, 5.74) is 3.18. The third-order valence-corrected chi connectivity index (χ3v) is 5.63. The topological polar surface area (TPSA) is 129 Å². The molecule has 198 valence electrons. The fourth-order valence-electron chi connectivity index (χ4n) is 3.67. The van der Waals surface area contributed by atoms with Crippen molar-refractivity contribution in [2.45, 2.75) is 20.0 Å². The second kappa shape index (κ2) is 12.3. The van der Waals surface area contributed by atoms with Crippen LogP contribution in [-0.2, 0) is 4.79 Å². The van der Waals surface area contributed by atoms with Crippen LogP contribution in [0.4, 0.5) is 5.69 Å². The predicted octanol–water partition coefficient (Wildman–Crippen LogP) is 5.28. The summed E-state index contributed by atoms with van der Waals surface area (Å²) in [5.74, 6) is 0.107. The Morgan fingerprint density at radius 2 is 1.67 bits per heavy atom. The monoisotopic (exact) mass is 527 g/mol. The fourth-order valence-corrected chi connectivity index (χ4v) is 3.67. The van der Waals surface area contributed by atoms with Crippen molar-refractivity contribution in [3.05, 3.63) is 106 Å². The number of esters is 1. The van der Waals surface area contributed by atoms with Gasteiger partial charge >= 0.3 is 5.97 Å². The molecule has 0 fully saturated rings. The summed E-state index contributed by atoms with van der Waals surface area (Å²) in [4.78, 5) is 35.7. The SMILES string of the molecule is CCOc1ccc(C(=O)Oc2ccc3ccccc3c2/C=N/NC(=O)C(C)Oc2ccc([N+](=O)[O-])cc2)cc1. The summed E-state index contributed by atoms with van der Waals surface area (Å²) in [5, 5.41) is 16.5. The van der Waals surface area contributed by atoms with Gasteiger partial charge in [0.05, 0.1) is 23.3 Å². The number of nitro groups is 1. The van der Waals surface area contributed by atoms with E-state index in [1.54, 1.807) is 30.3 Å². The highest BCUT2D eigenvalue weighted by Crippen LogP contribution is 2.28. The number of hydrazone groups is 1. The van der Waals surface area contributed by atoms with Crippen LogP contribution in [0.2, 0.25) is 0 Å².